The molecule has 0 radical (unpaired) electrons. The first-order valence-electron chi connectivity index (χ1n) is 18.2. The fraction of sp³-hybridized carbons (Fsp3) is 0.191. The van der Waals surface area contributed by atoms with Gasteiger partial charge in [0.1, 0.15) is 0 Å². The number of rotatable bonds is 4. The van der Waals surface area contributed by atoms with Gasteiger partial charge in [-0.15, -0.1) is 11.3 Å². The summed E-state index contributed by atoms with van der Waals surface area (Å²) in [6.07, 6.45) is 10.1. The first kappa shape index (κ1) is 36.2. The molecule has 0 atom stereocenters. The molecule has 1 aliphatic rings. The lowest BCUT2D eigenvalue weighted by Gasteiger charge is -2.08. The second-order valence-corrected chi connectivity index (χ2v) is 12.3. The van der Waals surface area contributed by atoms with Crippen LogP contribution in [0.5, 0.6) is 0 Å². The van der Waals surface area contributed by atoms with Crippen molar-refractivity contribution in [2.24, 2.45) is 0 Å². The van der Waals surface area contributed by atoms with Crippen molar-refractivity contribution in [3.63, 3.8) is 0 Å². The van der Waals surface area contributed by atoms with E-state index < -0.39 is 0 Å². The number of thiophene rings is 1. The Labute approximate surface area is 302 Å². The maximum absolute atomic E-state index is 5.22. The van der Waals surface area contributed by atoms with Crippen molar-refractivity contribution in [3.05, 3.63) is 162 Å². The summed E-state index contributed by atoms with van der Waals surface area (Å²) in [5.41, 5.74) is 11.9. The van der Waals surface area contributed by atoms with Crippen molar-refractivity contribution in [2.75, 3.05) is 0 Å². The van der Waals surface area contributed by atoms with E-state index in [-0.39, 0.29) is 0 Å². The third-order valence-electron chi connectivity index (χ3n) is 8.49. The molecule has 0 saturated heterocycles. The van der Waals surface area contributed by atoms with Crippen LogP contribution < -0.4 is 0 Å². The van der Waals surface area contributed by atoms with Crippen LogP contribution in [0.3, 0.4) is 0 Å². The Balaban J connectivity index is 0.000000771. The highest BCUT2D eigenvalue weighted by Crippen LogP contribution is 2.43. The summed E-state index contributed by atoms with van der Waals surface area (Å²) in [5, 5.41) is 1.18. The predicted molar refractivity (Wildman–Crippen MR) is 221 cm³/mol. The minimum absolute atomic E-state index is 0.753. The third-order valence-corrected chi connectivity index (χ3v) is 9.72. The molecule has 2 nitrogen and oxygen atoms in total. The summed E-state index contributed by atoms with van der Waals surface area (Å²) in [7, 11) is 0. The van der Waals surface area contributed by atoms with Gasteiger partial charge in [-0.2, -0.15) is 0 Å². The average Bonchev–Trinajstić information content (AvgIpc) is 3.64. The van der Waals surface area contributed by atoms with E-state index in [2.05, 4.69) is 140 Å². The highest BCUT2D eigenvalue weighted by molar-refractivity contribution is 7.26. The van der Waals surface area contributed by atoms with Crippen LogP contribution in [0.25, 0.3) is 59.6 Å². The van der Waals surface area contributed by atoms with Gasteiger partial charge in [-0.1, -0.05) is 187 Å². The van der Waals surface area contributed by atoms with Gasteiger partial charge in [0.05, 0.1) is 15.9 Å². The van der Waals surface area contributed by atoms with E-state index in [4.69, 9.17) is 9.97 Å². The summed E-state index contributed by atoms with van der Waals surface area (Å²) in [5.74, 6) is 0.753. The zero-order chi connectivity index (χ0) is 35.3. The largest absolute Gasteiger partial charge is 0.226 e. The second-order valence-electron chi connectivity index (χ2n) is 11.2. The predicted octanol–water partition coefficient (Wildman–Crippen LogP) is 14.1. The molecule has 1 aliphatic carbocycles. The van der Waals surface area contributed by atoms with Gasteiger partial charge in [-0.25, -0.2) is 9.97 Å². The van der Waals surface area contributed by atoms with Gasteiger partial charge in [0, 0.05) is 21.2 Å². The number of allylic oxidation sites excluding steroid dienone is 4. The van der Waals surface area contributed by atoms with Gasteiger partial charge in [0.2, 0.25) is 0 Å². The van der Waals surface area contributed by atoms with Crippen LogP contribution in [0.1, 0.15) is 64.7 Å². The molecule has 8 rings (SSSR count). The van der Waals surface area contributed by atoms with Crippen LogP contribution in [0.2, 0.25) is 0 Å². The molecule has 0 aliphatic heterocycles. The van der Waals surface area contributed by atoms with Crippen LogP contribution in [0.15, 0.2) is 146 Å². The molecule has 0 bridgehead atoms. The number of hydrogen-bond acceptors (Lipinski definition) is 3. The molecule has 0 amide bonds. The van der Waals surface area contributed by atoms with Crippen LogP contribution in [-0.4, -0.2) is 9.97 Å². The van der Waals surface area contributed by atoms with Gasteiger partial charge >= 0.3 is 0 Å². The summed E-state index contributed by atoms with van der Waals surface area (Å²) >= 11 is 1.81. The Morgan fingerprint density at radius 1 is 0.520 bits per heavy atom. The van der Waals surface area contributed by atoms with Crippen LogP contribution in [0.4, 0.5) is 0 Å². The van der Waals surface area contributed by atoms with Gasteiger partial charge < -0.3 is 0 Å². The molecule has 0 unspecified atom stereocenters. The number of aryl methyl sites for hydroxylation is 1. The molecule has 2 heterocycles. The maximum Gasteiger partial charge on any atom is 0.160 e. The molecule has 0 spiro atoms. The lowest BCUT2D eigenvalue weighted by Crippen LogP contribution is -1.93. The Morgan fingerprint density at radius 2 is 1.12 bits per heavy atom. The first-order valence-corrected chi connectivity index (χ1v) is 19.0. The minimum Gasteiger partial charge on any atom is -0.226 e. The highest BCUT2D eigenvalue weighted by Gasteiger charge is 2.19. The van der Waals surface area contributed by atoms with Crippen LogP contribution in [-0.2, 0) is 12.8 Å². The zero-order valence-electron chi connectivity index (χ0n) is 30.3. The molecular weight excluding hydrogens is 625 g/mol. The number of benzene rings is 5. The molecule has 252 valence electrons. The second kappa shape index (κ2) is 18.0. The van der Waals surface area contributed by atoms with Gasteiger partial charge in [0.25, 0.3) is 0 Å². The van der Waals surface area contributed by atoms with Crippen molar-refractivity contribution >= 4 is 37.2 Å². The SMILES string of the molecule is C1=C\C(c2cccc3c2sc2c(-c4ccc(-c5ccccc5)cc4)nc(-c4ccccc4)nc23)=C\Cc2ccccc2CC/1.CC.CC.CC. The van der Waals surface area contributed by atoms with Crippen molar-refractivity contribution in [1.29, 1.82) is 0 Å². The molecule has 50 heavy (non-hydrogen) atoms. The van der Waals surface area contributed by atoms with E-state index in [0.717, 1.165) is 52.1 Å². The van der Waals surface area contributed by atoms with E-state index in [9.17, 15) is 0 Å². The molecule has 0 N–H and O–H groups in total. The van der Waals surface area contributed by atoms with Crippen molar-refractivity contribution < 1.29 is 0 Å². The van der Waals surface area contributed by atoms with Crippen LogP contribution >= 0.6 is 11.3 Å². The normalized spacial score (nSPS) is 13.7. The number of aromatic nitrogens is 2. The van der Waals surface area contributed by atoms with Crippen molar-refractivity contribution in [2.45, 2.75) is 60.8 Å². The number of fused-ring (bicyclic) bond motifs is 4. The van der Waals surface area contributed by atoms with Gasteiger partial charge in [-0.3, -0.25) is 0 Å². The number of nitrogens with zero attached hydrogens (tertiary/aromatic N) is 2. The van der Waals surface area contributed by atoms with Gasteiger partial charge in [0.15, 0.2) is 5.82 Å². The molecule has 5 aromatic carbocycles. The van der Waals surface area contributed by atoms with Crippen LogP contribution in [0, 0.1) is 0 Å². The monoisotopic (exact) mass is 672 g/mol. The molecule has 0 fully saturated rings. The summed E-state index contributed by atoms with van der Waals surface area (Å²) in [6, 6.07) is 45.1. The Hall–Kier alpha value is -5.12. The zero-order valence-corrected chi connectivity index (χ0v) is 31.1. The first-order chi connectivity index (χ1) is 24.8. The average molecular weight is 673 g/mol. The third kappa shape index (κ3) is 7.85. The fourth-order valence-corrected chi connectivity index (χ4v) is 7.48. The fourth-order valence-electron chi connectivity index (χ4n) is 6.19. The maximum atomic E-state index is 5.22. The van der Waals surface area contributed by atoms with E-state index >= 15 is 0 Å². The van der Waals surface area contributed by atoms with E-state index in [1.807, 2.05) is 58.9 Å². The van der Waals surface area contributed by atoms with E-state index in [0.29, 0.717) is 0 Å². The van der Waals surface area contributed by atoms with Crippen molar-refractivity contribution in [3.8, 4) is 33.8 Å². The molecular formula is C47H48N2S. The van der Waals surface area contributed by atoms with Gasteiger partial charge in [-0.05, 0) is 52.7 Å². The lowest BCUT2D eigenvalue weighted by molar-refractivity contribution is 0.979. The highest BCUT2D eigenvalue weighted by atomic mass is 32.1. The standard InChI is InChI=1S/C41H30N2S.3C2H6/c1-3-12-29(13-4-1)31-23-26-33(27-24-31)37-40-38(43-41(42-37)34-18-5-2-6-19-34)36-21-11-20-35(39(36)44-40)32-17-10-9-15-28-14-7-8-16-30(28)22-25-32;3*1-2/h1-8,10-14,16-21,23-27H,9,15,22H2;3*1-2H3/b17-10-,32-25-;;;. The Bertz CT molecular complexity index is 2170. The Kier molecular flexibility index (Phi) is 13.0. The molecule has 2 aromatic heterocycles. The molecule has 3 heteroatoms. The summed E-state index contributed by atoms with van der Waals surface area (Å²) in [6.45, 7) is 12.0. The smallest absolute Gasteiger partial charge is 0.160 e. The lowest BCUT2D eigenvalue weighted by atomic mass is 9.99. The summed E-state index contributed by atoms with van der Waals surface area (Å²) in [4.78, 5) is 10.4. The van der Waals surface area contributed by atoms with E-state index in [1.165, 1.54) is 43.5 Å². The minimum atomic E-state index is 0.753. The van der Waals surface area contributed by atoms with Crippen molar-refractivity contribution in [1.82, 2.24) is 9.97 Å². The quantitative estimate of drug-likeness (QED) is 0.186. The molecule has 0 saturated carbocycles. The Morgan fingerprint density at radius 3 is 1.82 bits per heavy atom. The summed E-state index contributed by atoms with van der Waals surface area (Å²) < 4.78 is 2.38. The topological polar surface area (TPSA) is 25.8 Å². The van der Waals surface area contributed by atoms with E-state index in [1.54, 1.807) is 0 Å². The number of hydrogen-bond donors (Lipinski definition) is 0. The molecule has 7 aromatic rings.